The van der Waals surface area contributed by atoms with Crippen LogP contribution in [0.1, 0.15) is 39.8 Å². The lowest BCUT2D eigenvalue weighted by atomic mass is 10.2. The van der Waals surface area contributed by atoms with Crippen LogP contribution in [0.25, 0.3) is 0 Å². The molecule has 7 heteroatoms. The molecule has 2 amide bonds. The molecule has 1 saturated heterocycles. The van der Waals surface area contributed by atoms with Crippen LogP contribution in [0.3, 0.4) is 0 Å². The first kappa shape index (κ1) is 21.8. The van der Waals surface area contributed by atoms with Gasteiger partial charge in [-0.2, -0.15) is 0 Å². The maximum Gasteiger partial charge on any atom is 0.272 e. The van der Waals surface area contributed by atoms with E-state index in [1.807, 2.05) is 27.8 Å². The highest BCUT2D eigenvalue weighted by atomic mass is 16.2. The Morgan fingerprint density at radius 1 is 1.00 bits per heavy atom. The molecule has 3 heterocycles. The molecular formula is C25H29N5O2. The number of carbonyl (C=O) groups is 2. The van der Waals surface area contributed by atoms with Crippen molar-refractivity contribution in [3.8, 4) is 0 Å². The molecule has 3 aromatic rings. The zero-order valence-corrected chi connectivity index (χ0v) is 18.4. The molecule has 0 aliphatic carbocycles. The molecule has 1 aliphatic rings. The SMILES string of the molecule is CCCn1ccc(NC(=O)c2cccnc2)c1C(=O)N1CCN(Cc2ccccc2)CC1. The molecule has 2 aromatic heterocycles. The third-order valence-corrected chi connectivity index (χ3v) is 5.71. The lowest BCUT2D eigenvalue weighted by molar-refractivity contribution is 0.0619. The minimum atomic E-state index is -0.269. The lowest BCUT2D eigenvalue weighted by Crippen LogP contribution is -2.48. The van der Waals surface area contributed by atoms with E-state index in [2.05, 4.69) is 46.4 Å². The quantitative estimate of drug-likeness (QED) is 0.622. The van der Waals surface area contributed by atoms with Crippen molar-refractivity contribution in [2.45, 2.75) is 26.4 Å². The number of nitrogens with one attached hydrogen (secondary N) is 1. The highest BCUT2D eigenvalue weighted by Gasteiger charge is 2.27. The van der Waals surface area contributed by atoms with Crippen LogP contribution in [0.15, 0.2) is 67.1 Å². The molecule has 166 valence electrons. The van der Waals surface area contributed by atoms with Gasteiger partial charge >= 0.3 is 0 Å². The molecular weight excluding hydrogens is 402 g/mol. The van der Waals surface area contributed by atoms with Crippen LogP contribution in [-0.2, 0) is 13.1 Å². The number of hydrogen-bond acceptors (Lipinski definition) is 4. The number of rotatable bonds is 7. The smallest absolute Gasteiger partial charge is 0.272 e. The fraction of sp³-hybridized carbons (Fsp3) is 0.320. The average molecular weight is 432 g/mol. The minimum Gasteiger partial charge on any atom is -0.342 e. The number of benzene rings is 1. The van der Waals surface area contributed by atoms with E-state index in [-0.39, 0.29) is 11.8 Å². The Labute approximate surface area is 188 Å². The van der Waals surface area contributed by atoms with Crippen molar-refractivity contribution < 1.29 is 9.59 Å². The summed E-state index contributed by atoms with van der Waals surface area (Å²) in [5.41, 5.74) is 2.83. The summed E-state index contributed by atoms with van der Waals surface area (Å²) in [7, 11) is 0. The predicted molar refractivity (Wildman–Crippen MR) is 125 cm³/mol. The Morgan fingerprint density at radius 2 is 1.78 bits per heavy atom. The van der Waals surface area contributed by atoms with Crippen molar-refractivity contribution in [3.63, 3.8) is 0 Å². The highest BCUT2D eigenvalue weighted by Crippen LogP contribution is 2.22. The summed E-state index contributed by atoms with van der Waals surface area (Å²) >= 11 is 0. The third-order valence-electron chi connectivity index (χ3n) is 5.71. The van der Waals surface area contributed by atoms with E-state index >= 15 is 0 Å². The second-order valence-electron chi connectivity index (χ2n) is 8.02. The van der Waals surface area contributed by atoms with Gasteiger partial charge in [-0.15, -0.1) is 0 Å². The summed E-state index contributed by atoms with van der Waals surface area (Å²) in [5.74, 6) is -0.307. The van der Waals surface area contributed by atoms with Gasteiger partial charge in [-0.1, -0.05) is 37.3 Å². The summed E-state index contributed by atoms with van der Waals surface area (Å²) in [6, 6.07) is 15.6. The molecule has 1 aliphatic heterocycles. The Balaban J connectivity index is 1.45. The van der Waals surface area contributed by atoms with E-state index in [1.165, 1.54) is 11.8 Å². The van der Waals surface area contributed by atoms with Gasteiger partial charge in [0.25, 0.3) is 11.8 Å². The Kier molecular flexibility index (Phi) is 6.97. The Morgan fingerprint density at radius 3 is 2.47 bits per heavy atom. The van der Waals surface area contributed by atoms with Gasteiger partial charge in [0.15, 0.2) is 0 Å². The number of hydrogen-bond donors (Lipinski definition) is 1. The molecule has 32 heavy (non-hydrogen) atoms. The molecule has 1 fully saturated rings. The zero-order valence-electron chi connectivity index (χ0n) is 18.4. The number of amides is 2. The van der Waals surface area contributed by atoms with Gasteiger partial charge in [0, 0.05) is 57.9 Å². The first-order valence-corrected chi connectivity index (χ1v) is 11.1. The third kappa shape index (κ3) is 5.06. The second-order valence-corrected chi connectivity index (χ2v) is 8.02. The van der Waals surface area contributed by atoms with Crippen molar-refractivity contribution in [3.05, 3.63) is 83.9 Å². The maximum absolute atomic E-state index is 13.5. The second kappa shape index (κ2) is 10.2. The normalized spacial score (nSPS) is 14.3. The number of aryl methyl sites for hydroxylation is 1. The van der Waals surface area contributed by atoms with Gasteiger partial charge in [-0.05, 0) is 30.2 Å². The van der Waals surface area contributed by atoms with E-state index in [9.17, 15) is 9.59 Å². The summed E-state index contributed by atoms with van der Waals surface area (Å²) in [4.78, 5) is 34.4. The van der Waals surface area contributed by atoms with Crippen LogP contribution in [0.4, 0.5) is 5.69 Å². The van der Waals surface area contributed by atoms with Crippen LogP contribution in [-0.4, -0.2) is 57.3 Å². The lowest BCUT2D eigenvalue weighted by Gasteiger charge is -2.35. The average Bonchev–Trinajstić information content (AvgIpc) is 3.22. The maximum atomic E-state index is 13.5. The fourth-order valence-corrected chi connectivity index (χ4v) is 4.03. The molecule has 0 saturated carbocycles. The molecule has 1 N–H and O–H groups in total. The largest absolute Gasteiger partial charge is 0.342 e. The number of pyridine rings is 1. The van der Waals surface area contributed by atoms with Gasteiger partial charge in [0.2, 0.25) is 0 Å². The van der Waals surface area contributed by atoms with Gasteiger partial charge in [0.05, 0.1) is 11.3 Å². The first-order valence-electron chi connectivity index (χ1n) is 11.1. The van der Waals surface area contributed by atoms with Crippen LogP contribution in [0, 0.1) is 0 Å². The van der Waals surface area contributed by atoms with Crippen LogP contribution < -0.4 is 5.32 Å². The van der Waals surface area contributed by atoms with Crippen LogP contribution in [0.5, 0.6) is 0 Å². The molecule has 1 aromatic carbocycles. The summed E-state index contributed by atoms with van der Waals surface area (Å²) < 4.78 is 1.94. The number of aromatic nitrogens is 2. The zero-order chi connectivity index (χ0) is 22.3. The predicted octanol–water partition coefficient (Wildman–Crippen LogP) is 3.50. The number of piperazine rings is 1. The molecule has 7 nitrogen and oxygen atoms in total. The van der Waals surface area contributed by atoms with Crippen LogP contribution in [0.2, 0.25) is 0 Å². The number of carbonyl (C=O) groups excluding carboxylic acids is 2. The van der Waals surface area contributed by atoms with Crippen molar-refractivity contribution in [1.29, 1.82) is 0 Å². The standard InChI is InChI=1S/C25H29N5O2/c1-2-12-29-13-10-22(27-24(31)21-9-6-11-26-18-21)23(29)25(32)30-16-14-28(15-17-30)19-20-7-4-3-5-8-20/h3-11,13,18H,2,12,14-17,19H2,1H3,(H,27,31). The first-order chi connectivity index (χ1) is 15.7. The Bertz CT molecular complexity index is 1040. The van der Waals surface area contributed by atoms with Crippen molar-refractivity contribution in [1.82, 2.24) is 19.4 Å². The molecule has 0 bridgehead atoms. The van der Waals surface area contributed by atoms with Crippen molar-refractivity contribution >= 4 is 17.5 Å². The van der Waals surface area contributed by atoms with E-state index in [0.717, 1.165) is 32.6 Å². The molecule has 0 atom stereocenters. The van der Waals surface area contributed by atoms with E-state index in [0.29, 0.717) is 30.0 Å². The van der Waals surface area contributed by atoms with Gasteiger partial charge in [0.1, 0.15) is 5.69 Å². The fourth-order valence-electron chi connectivity index (χ4n) is 4.03. The molecule has 0 radical (unpaired) electrons. The monoisotopic (exact) mass is 431 g/mol. The van der Waals surface area contributed by atoms with E-state index < -0.39 is 0 Å². The van der Waals surface area contributed by atoms with Gasteiger partial charge < -0.3 is 14.8 Å². The van der Waals surface area contributed by atoms with Gasteiger partial charge in [-0.3, -0.25) is 19.5 Å². The summed E-state index contributed by atoms with van der Waals surface area (Å²) in [5, 5.41) is 2.91. The molecule has 4 rings (SSSR count). The Hall–Kier alpha value is -3.45. The summed E-state index contributed by atoms with van der Waals surface area (Å²) in [6.07, 6.45) is 5.92. The minimum absolute atomic E-state index is 0.0377. The molecule has 0 spiro atoms. The van der Waals surface area contributed by atoms with Crippen LogP contribution >= 0.6 is 0 Å². The topological polar surface area (TPSA) is 70.5 Å². The number of anilines is 1. The van der Waals surface area contributed by atoms with E-state index in [1.54, 1.807) is 18.3 Å². The van der Waals surface area contributed by atoms with Crippen molar-refractivity contribution in [2.24, 2.45) is 0 Å². The van der Waals surface area contributed by atoms with Gasteiger partial charge in [-0.25, -0.2) is 0 Å². The van der Waals surface area contributed by atoms with Crippen molar-refractivity contribution in [2.75, 3.05) is 31.5 Å². The molecule has 0 unspecified atom stereocenters. The highest BCUT2D eigenvalue weighted by molar-refractivity contribution is 6.08. The summed E-state index contributed by atoms with van der Waals surface area (Å²) in [6.45, 7) is 6.67. The van der Waals surface area contributed by atoms with E-state index in [4.69, 9.17) is 0 Å². The number of nitrogens with zero attached hydrogens (tertiary/aromatic N) is 4.